The van der Waals surface area contributed by atoms with Crippen LogP contribution in [0.25, 0.3) is 5.69 Å². The molecule has 0 N–H and O–H groups in total. The van der Waals surface area contributed by atoms with E-state index in [1.165, 1.54) is 28.9 Å². The lowest BCUT2D eigenvalue weighted by Crippen LogP contribution is -2.61. The number of amides is 1. The van der Waals surface area contributed by atoms with Crippen molar-refractivity contribution in [3.63, 3.8) is 0 Å². The number of benzene rings is 1. The van der Waals surface area contributed by atoms with E-state index in [9.17, 15) is 13.6 Å². The van der Waals surface area contributed by atoms with Gasteiger partial charge in [0.25, 0.3) is 6.43 Å². The molecule has 13 heteroatoms. The number of morpholine rings is 1. The average molecular weight is 492 g/mol. The highest BCUT2D eigenvalue weighted by molar-refractivity contribution is 6.30. The normalized spacial score (nSPS) is 18.4. The fraction of sp³-hybridized carbons (Fsp3) is 0.381. The molecule has 2 aliphatic heterocycles. The van der Waals surface area contributed by atoms with Gasteiger partial charge in [0.15, 0.2) is 11.0 Å². The minimum atomic E-state index is -2.56. The minimum absolute atomic E-state index is 0.00239. The maximum absolute atomic E-state index is 12.8. The van der Waals surface area contributed by atoms with E-state index < -0.39 is 6.43 Å². The van der Waals surface area contributed by atoms with Crippen molar-refractivity contribution < 1.29 is 23.0 Å². The van der Waals surface area contributed by atoms with Crippen LogP contribution in [0.2, 0.25) is 5.15 Å². The summed E-state index contributed by atoms with van der Waals surface area (Å²) in [5.41, 5.74) is 0.845. The highest BCUT2D eigenvalue weighted by atomic mass is 35.5. The van der Waals surface area contributed by atoms with E-state index >= 15 is 0 Å². The summed E-state index contributed by atoms with van der Waals surface area (Å²) in [5.74, 6) is 0.847. The number of hydrogen-bond donors (Lipinski definition) is 0. The van der Waals surface area contributed by atoms with Gasteiger partial charge in [-0.2, -0.15) is 0 Å². The van der Waals surface area contributed by atoms with Crippen LogP contribution in [-0.2, 0) is 16.1 Å². The van der Waals surface area contributed by atoms with Crippen LogP contribution < -0.4 is 9.64 Å². The molecular formula is C21H20ClF2N7O3. The summed E-state index contributed by atoms with van der Waals surface area (Å²) in [7, 11) is 0. The van der Waals surface area contributed by atoms with E-state index in [2.05, 4.69) is 20.5 Å². The Morgan fingerprint density at radius 3 is 2.71 bits per heavy atom. The number of carbonyl (C=O) groups excluding carboxylic acids is 1. The lowest BCUT2D eigenvalue weighted by Gasteiger charge is -2.43. The number of alkyl halides is 2. The van der Waals surface area contributed by atoms with Gasteiger partial charge in [-0.05, 0) is 18.2 Å². The number of halogens is 3. The molecule has 0 saturated carbocycles. The van der Waals surface area contributed by atoms with Gasteiger partial charge in [-0.25, -0.2) is 13.5 Å². The maximum Gasteiger partial charge on any atom is 0.263 e. The minimum Gasteiger partial charge on any atom is -0.470 e. The average Bonchev–Trinajstić information content (AvgIpc) is 3.23. The van der Waals surface area contributed by atoms with Crippen LogP contribution in [0, 0.1) is 0 Å². The van der Waals surface area contributed by atoms with E-state index in [-0.39, 0.29) is 41.7 Å². The van der Waals surface area contributed by atoms with Crippen LogP contribution in [-0.4, -0.2) is 74.9 Å². The molecule has 5 rings (SSSR count). The van der Waals surface area contributed by atoms with Crippen LogP contribution in [0.4, 0.5) is 14.6 Å². The number of fused-ring (bicyclic) bond motifs is 1. The van der Waals surface area contributed by atoms with Crippen molar-refractivity contribution in [3.05, 3.63) is 52.8 Å². The lowest BCUT2D eigenvalue weighted by molar-refractivity contribution is -0.140. The molecule has 10 nitrogen and oxygen atoms in total. The highest BCUT2D eigenvalue weighted by Gasteiger charge is 2.35. The number of rotatable bonds is 6. The Labute approximate surface area is 198 Å². The zero-order chi connectivity index (χ0) is 23.7. The Morgan fingerprint density at radius 2 is 1.97 bits per heavy atom. The monoisotopic (exact) mass is 491 g/mol. The summed E-state index contributed by atoms with van der Waals surface area (Å²) in [6, 6.07) is 9.01. The predicted molar refractivity (Wildman–Crippen MR) is 116 cm³/mol. The first-order valence-electron chi connectivity index (χ1n) is 10.6. The van der Waals surface area contributed by atoms with Gasteiger partial charge in [0.05, 0.1) is 31.5 Å². The van der Waals surface area contributed by atoms with Gasteiger partial charge >= 0.3 is 0 Å². The van der Waals surface area contributed by atoms with E-state index in [1.807, 2.05) is 9.80 Å². The van der Waals surface area contributed by atoms with Crippen molar-refractivity contribution in [1.29, 1.82) is 0 Å². The second-order valence-electron chi connectivity index (χ2n) is 7.85. The van der Waals surface area contributed by atoms with Crippen LogP contribution in [0.5, 0.6) is 5.88 Å². The maximum atomic E-state index is 12.8. The second-order valence-corrected chi connectivity index (χ2v) is 8.20. The number of ether oxygens (including phenoxy) is 2. The zero-order valence-electron chi connectivity index (χ0n) is 17.9. The Kier molecular flexibility index (Phi) is 6.24. The fourth-order valence-electron chi connectivity index (χ4n) is 3.96. The Bertz CT molecular complexity index is 1160. The topological polar surface area (TPSA) is 98.5 Å². The molecule has 1 atom stereocenters. The summed E-state index contributed by atoms with van der Waals surface area (Å²) >= 11 is 6.16. The van der Waals surface area contributed by atoms with Crippen LogP contribution in [0.3, 0.4) is 0 Å². The van der Waals surface area contributed by atoms with Crippen LogP contribution in [0.15, 0.2) is 36.4 Å². The third-order valence-corrected chi connectivity index (χ3v) is 6.01. The zero-order valence-corrected chi connectivity index (χ0v) is 18.6. The molecule has 2 fully saturated rings. The quantitative estimate of drug-likeness (QED) is 0.518. The summed E-state index contributed by atoms with van der Waals surface area (Å²) < 4.78 is 38.3. The molecule has 0 radical (unpaired) electrons. The molecule has 2 aromatic heterocycles. The van der Waals surface area contributed by atoms with Gasteiger partial charge in [-0.15, -0.1) is 15.3 Å². The first-order valence-corrected chi connectivity index (χ1v) is 10.9. The standard InChI is InChI=1S/C21H20ClF2N7O3/c22-20-16(31(28-27-20)14-3-1-13(2-4-14)21(23)24)12-34-18-6-5-17(25-26-18)29-9-15-11-33-8-7-30(15)19(32)10-29/h1-6,15,21H,7-12H2/t15-/m0/s1. The SMILES string of the molecule is O=C1CN(c2ccc(OCc3c(Cl)nnn3-c3ccc(C(F)F)cc3)nn2)C[C@H]2COCCN12. The van der Waals surface area contributed by atoms with E-state index in [4.69, 9.17) is 21.1 Å². The molecule has 3 aromatic rings. The third kappa shape index (κ3) is 4.50. The molecule has 0 bridgehead atoms. The smallest absolute Gasteiger partial charge is 0.263 e. The van der Waals surface area contributed by atoms with Crippen molar-refractivity contribution in [1.82, 2.24) is 30.1 Å². The first-order chi connectivity index (χ1) is 16.5. The molecule has 0 aliphatic carbocycles. The third-order valence-electron chi connectivity index (χ3n) is 5.72. The molecule has 0 spiro atoms. The van der Waals surface area contributed by atoms with Crippen molar-refractivity contribution >= 4 is 23.3 Å². The van der Waals surface area contributed by atoms with Gasteiger partial charge in [-0.3, -0.25) is 4.79 Å². The van der Waals surface area contributed by atoms with E-state index in [0.29, 0.717) is 43.5 Å². The molecule has 2 saturated heterocycles. The molecule has 1 aromatic carbocycles. The Balaban J connectivity index is 1.25. The van der Waals surface area contributed by atoms with Gasteiger partial charge in [0.1, 0.15) is 12.3 Å². The summed E-state index contributed by atoms with van der Waals surface area (Å²) in [6.45, 7) is 2.51. The number of aromatic nitrogens is 5. The van der Waals surface area contributed by atoms with Crippen molar-refractivity contribution in [2.24, 2.45) is 0 Å². The molecule has 2 aliphatic rings. The Hall–Kier alpha value is -3.38. The van der Waals surface area contributed by atoms with E-state index in [1.54, 1.807) is 12.1 Å². The predicted octanol–water partition coefficient (Wildman–Crippen LogP) is 2.27. The number of carbonyl (C=O) groups is 1. The van der Waals surface area contributed by atoms with Gasteiger partial charge < -0.3 is 19.3 Å². The summed E-state index contributed by atoms with van der Waals surface area (Å²) in [6.07, 6.45) is -2.56. The molecule has 1 amide bonds. The lowest BCUT2D eigenvalue weighted by atomic mass is 10.1. The highest BCUT2D eigenvalue weighted by Crippen LogP contribution is 2.24. The number of anilines is 1. The van der Waals surface area contributed by atoms with E-state index in [0.717, 1.165) is 0 Å². The molecule has 34 heavy (non-hydrogen) atoms. The van der Waals surface area contributed by atoms with Gasteiger partial charge in [0, 0.05) is 24.7 Å². The molecule has 178 valence electrons. The molecule has 0 unspecified atom stereocenters. The van der Waals surface area contributed by atoms with Crippen LogP contribution in [0.1, 0.15) is 17.7 Å². The van der Waals surface area contributed by atoms with Crippen LogP contribution >= 0.6 is 11.6 Å². The summed E-state index contributed by atoms with van der Waals surface area (Å²) in [5, 5.41) is 16.2. The first kappa shape index (κ1) is 22.4. The van der Waals surface area contributed by atoms with Gasteiger partial charge in [-0.1, -0.05) is 28.9 Å². The number of piperazine rings is 1. The molecular weight excluding hydrogens is 472 g/mol. The number of hydrogen-bond acceptors (Lipinski definition) is 8. The number of nitrogens with zero attached hydrogens (tertiary/aromatic N) is 7. The second kappa shape index (κ2) is 9.47. The van der Waals surface area contributed by atoms with Crippen molar-refractivity contribution in [3.8, 4) is 11.6 Å². The molecule has 4 heterocycles. The Morgan fingerprint density at radius 1 is 1.15 bits per heavy atom. The fourth-order valence-corrected chi connectivity index (χ4v) is 4.12. The van der Waals surface area contributed by atoms with Crippen molar-refractivity contribution in [2.75, 3.05) is 37.7 Å². The summed E-state index contributed by atoms with van der Waals surface area (Å²) in [4.78, 5) is 16.2. The van der Waals surface area contributed by atoms with Crippen molar-refractivity contribution in [2.45, 2.75) is 19.1 Å². The largest absolute Gasteiger partial charge is 0.470 e. The van der Waals surface area contributed by atoms with Gasteiger partial charge in [0.2, 0.25) is 11.8 Å².